The largest absolute Gasteiger partial charge is 0.354 e. The molecule has 0 unspecified atom stereocenters. The first-order valence-electron chi connectivity index (χ1n) is 4.32. The molecule has 2 nitrogen and oxygen atoms in total. The van der Waals surface area contributed by atoms with Crippen molar-refractivity contribution >= 4 is 26.7 Å². The molecule has 2 aromatic rings. The van der Waals surface area contributed by atoms with Crippen LogP contribution in [0.2, 0.25) is 0 Å². The van der Waals surface area contributed by atoms with Crippen LogP contribution >= 0.6 is 11.3 Å². The predicted molar refractivity (Wildman–Crippen MR) is 58.6 cm³/mol. The van der Waals surface area contributed by atoms with Crippen LogP contribution in [0.25, 0.3) is 10.2 Å². The Morgan fingerprint density at radius 2 is 2.07 bits per heavy atom. The first-order valence-corrected chi connectivity index (χ1v) is 5.13. The number of benzene rings is 1. The molecule has 1 aromatic heterocycles. The van der Waals surface area contributed by atoms with Crippen LogP contribution in [-0.2, 0) is 0 Å². The molecule has 0 aliphatic rings. The molecule has 0 aliphatic heterocycles. The first kappa shape index (κ1) is 9.40. The second-order valence-corrected chi connectivity index (χ2v) is 4.47. The highest BCUT2D eigenvalue weighted by Gasteiger charge is 2.07. The Morgan fingerprint density at radius 3 is 2.71 bits per heavy atom. The van der Waals surface area contributed by atoms with E-state index in [0.29, 0.717) is 5.56 Å². The van der Waals surface area contributed by atoms with Gasteiger partial charge in [-0.2, -0.15) is 0 Å². The number of aryl methyl sites for hydroxylation is 1. The van der Waals surface area contributed by atoms with Crippen LogP contribution < -0.4 is 4.90 Å². The molecule has 0 bridgehead atoms. The van der Waals surface area contributed by atoms with Gasteiger partial charge >= 0.3 is 0 Å². The number of aromatic nitrogens is 1. The fourth-order valence-electron chi connectivity index (χ4n) is 1.23. The van der Waals surface area contributed by atoms with Gasteiger partial charge in [-0.05, 0) is 24.6 Å². The lowest BCUT2D eigenvalue weighted by molar-refractivity contribution is 0.620. The molecule has 0 radical (unpaired) electrons. The predicted octanol–water partition coefficient (Wildman–Crippen LogP) is 2.81. The highest BCUT2D eigenvalue weighted by molar-refractivity contribution is 7.22. The SMILES string of the molecule is Cc1cc2nc(N(C)C)sc2cc1F. The van der Waals surface area contributed by atoms with Crippen LogP contribution in [0, 0.1) is 12.7 Å². The van der Waals surface area contributed by atoms with Gasteiger partial charge in [0.15, 0.2) is 5.13 Å². The molecule has 0 aliphatic carbocycles. The summed E-state index contributed by atoms with van der Waals surface area (Å²) in [5.41, 5.74) is 1.52. The first-order chi connectivity index (χ1) is 6.58. The Kier molecular flexibility index (Phi) is 2.15. The molecule has 0 N–H and O–H groups in total. The molecule has 1 heterocycles. The third-order valence-electron chi connectivity index (χ3n) is 2.04. The van der Waals surface area contributed by atoms with Gasteiger partial charge in [0.05, 0.1) is 10.2 Å². The van der Waals surface area contributed by atoms with E-state index < -0.39 is 0 Å². The molecule has 74 valence electrons. The molecule has 0 saturated heterocycles. The van der Waals surface area contributed by atoms with E-state index in [-0.39, 0.29) is 5.82 Å². The number of halogens is 1. The minimum absolute atomic E-state index is 0.161. The third kappa shape index (κ3) is 1.46. The molecular weight excluding hydrogens is 199 g/mol. The van der Waals surface area contributed by atoms with E-state index in [2.05, 4.69) is 4.98 Å². The zero-order valence-corrected chi connectivity index (χ0v) is 9.15. The zero-order valence-electron chi connectivity index (χ0n) is 8.34. The number of anilines is 1. The summed E-state index contributed by atoms with van der Waals surface area (Å²) in [6, 6.07) is 3.34. The summed E-state index contributed by atoms with van der Waals surface area (Å²) in [6.07, 6.45) is 0. The highest BCUT2D eigenvalue weighted by Crippen LogP contribution is 2.29. The second-order valence-electron chi connectivity index (χ2n) is 3.46. The van der Waals surface area contributed by atoms with Crippen LogP contribution in [0.15, 0.2) is 12.1 Å². The van der Waals surface area contributed by atoms with Gasteiger partial charge < -0.3 is 4.90 Å². The number of nitrogens with zero attached hydrogens (tertiary/aromatic N) is 2. The standard InChI is InChI=1S/C10H11FN2S/c1-6-4-8-9(5-7(6)11)14-10(12-8)13(2)3/h4-5H,1-3H3. The summed E-state index contributed by atoms with van der Waals surface area (Å²) in [5, 5.41) is 0.907. The minimum atomic E-state index is -0.161. The number of fused-ring (bicyclic) bond motifs is 1. The Hall–Kier alpha value is -1.16. The van der Waals surface area contributed by atoms with Crippen molar-refractivity contribution in [2.75, 3.05) is 19.0 Å². The van der Waals surface area contributed by atoms with Crippen molar-refractivity contribution < 1.29 is 4.39 Å². The molecule has 0 spiro atoms. The third-order valence-corrected chi connectivity index (χ3v) is 3.23. The summed E-state index contributed by atoms with van der Waals surface area (Å²) in [5.74, 6) is -0.161. The van der Waals surface area contributed by atoms with Crippen molar-refractivity contribution in [2.45, 2.75) is 6.92 Å². The van der Waals surface area contributed by atoms with Crippen molar-refractivity contribution in [3.63, 3.8) is 0 Å². The molecule has 4 heteroatoms. The maximum absolute atomic E-state index is 13.2. The highest BCUT2D eigenvalue weighted by atomic mass is 32.1. The summed E-state index contributed by atoms with van der Waals surface area (Å²) < 4.78 is 14.1. The van der Waals surface area contributed by atoms with E-state index >= 15 is 0 Å². The molecule has 0 amide bonds. The molecule has 1 aromatic carbocycles. The average Bonchev–Trinajstić information content (AvgIpc) is 2.48. The molecular formula is C10H11FN2S. The molecule has 14 heavy (non-hydrogen) atoms. The molecule has 0 fully saturated rings. The number of hydrogen-bond acceptors (Lipinski definition) is 3. The quantitative estimate of drug-likeness (QED) is 0.719. The van der Waals surface area contributed by atoms with E-state index in [1.165, 1.54) is 11.3 Å². The lowest BCUT2D eigenvalue weighted by atomic mass is 10.2. The monoisotopic (exact) mass is 210 g/mol. The van der Waals surface area contributed by atoms with Crippen LogP contribution in [0.4, 0.5) is 9.52 Å². The summed E-state index contributed by atoms with van der Waals surface area (Å²) in [6.45, 7) is 1.75. The van der Waals surface area contributed by atoms with Crippen molar-refractivity contribution in [1.29, 1.82) is 0 Å². The molecule has 0 atom stereocenters. The molecule has 0 saturated carbocycles. The topological polar surface area (TPSA) is 16.1 Å². The zero-order chi connectivity index (χ0) is 10.3. The van der Waals surface area contributed by atoms with E-state index in [1.54, 1.807) is 19.1 Å². The van der Waals surface area contributed by atoms with Crippen LogP contribution in [-0.4, -0.2) is 19.1 Å². The Bertz CT molecular complexity index is 437. The molecule has 2 rings (SSSR count). The lowest BCUT2D eigenvalue weighted by Gasteiger charge is -2.04. The van der Waals surface area contributed by atoms with Crippen LogP contribution in [0.3, 0.4) is 0 Å². The van der Waals surface area contributed by atoms with Crippen LogP contribution in [0.1, 0.15) is 5.56 Å². The van der Waals surface area contributed by atoms with Crippen molar-refractivity contribution in [3.8, 4) is 0 Å². The van der Waals surface area contributed by atoms with E-state index in [4.69, 9.17) is 0 Å². The van der Waals surface area contributed by atoms with Gasteiger partial charge in [0.2, 0.25) is 0 Å². The van der Waals surface area contributed by atoms with Gasteiger partial charge in [-0.3, -0.25) is 0 Å². The van der Waals surface area contributed by atoms with Crippen LogP contribution in [0.5, 0.6) is 0 Å². The summed E-state index contributed by atoms with van der Waals surface area (Å²) in [4.78, 5) is 6.32. The normalized spacial score (nSPS) is 10.9. The van der Waals surface area contributed by atoms with E-state index in [1.807, 2.05) is 19.0 Å². The minimum Gasteiger partial charge on any atom is -0.354 e. The fourth-order valence-corrected chi connectivity index (χ4v) is 2.13. The van der Waals surface area contributed by atoms with Gasteiger partial charge in [-0.15, -0.1) is 0 Å². The number of thiazole rings is 1. The van der Waals surface area contributed by atoms with Gasteiger partial charge in [0.25, 0.3) is 0 Å². The lowest BCUT2D eigenvalue weighted by Crippen LogP contribution is -2.07. The van der Waals surface area contributed by atoms with E-state index in [9.17, 15) is 4.39 Å². The van der Waals surface area contributed by atoms with Gasteiger partial charge in [0.1, 0.15) is 5.82 Å². The second kappa shape index (κ2) is 3.20. The summed E-state index contributed by atoms with van der Waals surface area (Å²) >= 11 is 1.50. The fraction of sp³-hybridized carbons (Fsp3) is 0.300. The number of rotatable bonds is 1. The summed E-state index contributed by atoms with van der Waals surface area (Å²) in [7, 11) is 3.86. The maximum atomic E-state index is 13.2. The average molecular weight is 210 g/mol. The smallest absolute Gasteiger partial charge is 0.185 e. The van der Waals surface area contributed by atoms with Crippen molar-refractivity contribution in [1.82, 2.24) is 4.98 Å². The van der Waals surface area contributed by atoms with Crippen molar-refractivity contribution in [3.05, 3.63) is 23.5 Å². The van der Waals surface area contributed by atoms with Crippen molar-refractivity contribution in [2.24, 2.45) is 0 Å². The number of hydrogen-bond donors (Lipinski definition) is 0. The maximum Gasteiger partial charge on any atom is 0.185 e. The Morgan fingerprint density at radius 1 is 1.36 bits per heavy atom. The van der Waals surface area contributed by atoms with Gasteiger partial charge in [-0.1, -0.05) is 11.3 Å². The Labute approximate surface area is 86.0 Å². The van der Waals surface area contributed by atoms with Gasteiger partial charge in [0, 0.05) is 14.1 Å². The van der Waals surface area contributed by atoms with Gasteiger partial charge in [-0.25, -0.2) is 9.37 Å². The van der Waals surface area contributed by atoms with E-state index in [0.717, 1.165) is 15.3 Å². The Balaban J connectivity index is 2.66.